The molecule has 0 aliphatic rings. The largest absolute Gasteiger partial charge is 0.338 e. The first-order valence-corrected chi connectivity index (χ1v) is 10.1. The van der Waals surface area contributed by atoms with Crippen molar-refractivity contribution in [1.82, 2.24) is 19.9 Å². The molecule has 1 atom stereocenters. The Bertz CT molecular complexity index is 924. The first kappa shape index (κ1) is 18.6. The van der Waals surface area contributed by atoms with E-state index in [-0.39, 0.29) is 10.7 Å². The Morgan fingerprint density at radius 1 is 1.28 bits per heavy atom. The predicted octanol–water partition coefficient (Wildman–Crippen LogP) is 5.85. The molecule has 9 heteroatoms. The second-order valence-corrected chi connectivity index (χ2v) is 10.1. The molecule has 0 radical (unpaired) electrons. The molecule has 2 heterocycles. The number of benzene rings is 1. The number of thioether (sulfide) groups is 1. The molecule has 0 fully saturated rings. The lowest BCUT2D eigenvalue weighted by atomic mass is 9.96. The number of halogens is 1. The molecule has 0 saturated heterocycles. The third-order valence-corrected chi connectivity index (χ3v) is 5.99. The summed E-state index contributed by atoms with van der Waals surface area (Å²) in [6.45, 7) is 8.18. The van der Waals surface area contributed by atoms with Crippen molar-refractivity contribution in [2.75, 3.05) is 0 Å². The lowest BCUT2D eigenvalue weighted by Gasteiger charge is -2.11. The standard InChI is InChI=1S/C16H17ClN4OS3/c1-9(12-18-13(20-22-12)16(2,3)4)24-14-19-21(15(23)25-14)11-7-5-10(17)6-8-11/h5-9H,1-4H3. The quantitative estimate of drug-likeness (QED) is 0.395. The third-order valence-electron chi connectivity index (χ3n) is 3.34. The Kier molecular flexibility index (Phi) is 5.34. The summed E-state index contributed by atoms with van der Waals surface area (Å²) in [5.41, 5.74) is 0.747. The van der Waals surface area contributed by atoms with Crippen molar-refractivity contribution < 1.29 is 4.52 Å². The van der Waals surface area contributed by atoms with Gasteiger partial charge < -0.3 is 4.52 Å². The van der Waals surface area contributed by atoms with Gasteiger partial charge in [0, 0.05) is 10.4 Å². The topological polar surface area (TPSA) is 56.7 Å². The van der Waals surface area contributed by atoms with Gasteiger partial charge in [-0.1, -0.05) is 60.6 Å². The van der Waals surface area contributed by atoms with Crippen LogP contribution < -0.4 is 0 Å². The molecule has 3 rings (SSSR count). The van der Waals surface area contributed by atoms with Gasteiger partial charge in [0.25, 0.3) is 0 Å². The summed E-state index contributed by atoms with van der Waals surface area (Å²) < 4.78 is 8.67. The maximum atomic E-state index is 5.93. The van der Waals surface area contributed by atoms with Crippen molar-refractivity contribution in [2.24, 2.45) is 0 Å². The molecule has 132 valence electrons. The number of hydrogen-bond donors (Lipinski definition) is 0. The highest BCUT2D eigenvalue weighted by molar-refractivity contribution is 8.01. The van der Waals surface area contributed by atoms with Crippen LogP contribution in [0.5, 0.6) is 0 Å². The highest BCUT2D eigenvalue weighted by Gasteiger charge is 2.24. The predicted molar refractivity (Wildman–Crippen MR) is 105 cm³/mol. The van der Waals surface area contributed by atoms with Crippen LogP contribution in [-0.4, -0.2) is 19.9 Å². The normalized spacial score (nSPS) is 13.2. The van der Waals surface area contributed by atoms with Crippen LogP contribution in [0.15, 0.2) is 33.1 Å². The van der Waals surface area contributed by atoms with E-state index in [1.54, 1.807) is 16.4 Å². The minimum absolute atomic E-state index is 0.0113. The maximum Gasteiger partial charge on any atom is 0.239 e. The molecular formula is C16H17ClN4OS3. The van der Waals surface area contributed by atoms with E-state index in [2.05, 4.69) is 36.0 Å². The second-order valence-electron chi connectivity index (χ2n) is 6.49. The Morgan fingerprint density at radius 2 is 1.96 bits per heavy atom. The molecule has 1 aromatic carbocycles. The summed E-state index contributed by atoms with van der Waals surface area (Å²) in [6, 6.07) is 7.42. The Hall–Kier alpha value is -1.22. The molecule has 25 heavy (non-hydrogen) atoms. The van der Waals surface area contributed by atoms with E-state index in [0.29, 0.717) is 20.7 Å². The van der Waals surface area contributed by atoms with Crippen molar-refractivity contribution >= 4 is 46.9 Å². The monoisotopic (exact) mass is 412 g/mol. The summed E-state index contributed by atoms with van der Waals surface area (Å²) in [4.78, 5) is 4.51. The molecule has 0 N–H and O–H groups in total. The summed E-state index contributed by atoms with van der Waals surface area (Å²) in [5, 5.41) is 9.33. The molecule has 0 aliphatic heterocycles. The zero-order valence-electron chi connectivity index (χ0n) is 14.2. The highest BCUT2D eigenvalue weighted by atomic mass is 35.5. The van der Waals surface area contributed by atoms with Gasteiger partial charge in [0.2, 0.25) is 5.89 Å². The van der Waals surface area contributed by atoms with E-state index in [1.807, 2.05) is 31.2 Å². The Balaban J connectivity index is 1.79. The van der Waals surface area contributed by atoms with E-state index >= 15 is 0 Å². The molecule has 0 saturated carbocycles. The van der Waals surface area contributed by atoms with Crippen LogP contribution >= 0.6 is 46.9 Å². The van der Waals surface area contributed by atoms with Gasteiger partial charge in [0.1, 0.15) is 0 Å². The molecular weight excluding hydrogens is 396 g/mol. The maximum absolute atomic E-state index is 5.93. The minimum Gasteiger partial charge on any atom is -0.338 e. The van der Waals surface area contributed by atoms with Crippen LogP contribution in [0, 0.1) is 3.95 Å². The van der Waals surface area contributed by atoms with Crippen molar-refractivity contribution in [3.8, 4) is 5.69 Å². The molecule has 3 aromatic rings. The van der Waals surface area contributed by atoms with Gasteiger partial charge in [-0.15, -0.1) is 5.10 Å². The van der Waals surface area contributed by atoms with Gasteiger partial charge in [0.15, 0.2) is 14.1 Å². The average Bonchev–Trinajstić information content (AvgIpc) is 3.15. The number of hydrogen-bond acceptors (Lipinski definition) is 7. The molecule has 5 nitrogen and oxygen atoms in total. The van der Waals surface area contributed by atoms with E-state index in [9.17, 15) is 0 Å². The lowest BCUT2D eigenvalue weighted by molar-refractivity contribution is 0.364. The van der Waals surface area contributed by atoms with E-state index in [0.717, 1.165) is 10.0 Å². The van der Waals surface area contributed by atoms with Gasteiger partial charge in [0.05, 0.1) is 10.9 Å². The second kappa shape index (κ2) is 7.19. The number of rotatable bonds is 4. The number of aromatic nitrogens is 4. The molecule has 0 amide bonds. The minimum atomic E-state index is -0.140. The van der Waals surface area contributed by atoms with Crippen LogP contribution in [0.4, 0.5) is 0 Å². The van der Waals surface area contributed by atoms with Gasteiger partial charge in [-0.3, -0.25) is 0 Å². The van der Waals surface area contributed by atoms with Gasteiger partial charge in [-0.05, 0) is 43.4 Å². The van der Waals surface area contributed by atoms with Crippen LogP contribution in [0.25, 0.3) is 5.69 Å². The van der Waals surface area contributed by atoms with Crippen LogP contribution in [0.2, 0.25) is 5.02 Å². The van der Waals surface area contributed by atoms with E-state index < -0.39 is 0 Å². The van der Waals surface area contributed by atoms with Crippen molar-refractivity contribution in [2.45, 2.75) is 42.7 Å². The summed E-state index contributed by atoms with van der Waals surface area (Å²) in [6.07, 6.45) is 0. The smallest absolute Gasteiger partial charge is 0.239 e. The van der Waals surface area contributed by atoms with E-state index in [4.69, 9.17) is 28.3 Å². The lowest BCUT2D eigenvalue weighted by Crippen LogP contribution is -2.13. The molecule has 0 bridgehead atoms. The van der Waals surface area contributed by atoms with Gasteiger partial charge in [-0.2, -0.15) is 4.98 Å². The first-order valence-electron chi connectivity index (χ1n) is 7.61. The Morgan fingerprint density at radius 3 is 2.56 bits per heavy atom. The van der Waals surface area contributed by atoms with Gasteiger partial charge >= 0.3 is 0 Å². The summed E-state index contributed by atoms with van der Waals surface area (Å²) in [5.74, 6) is 1.29. The van der Waals surface area contributed by atoms with Crippen molar-refractivity contribution in [1.29, 1.82) is 0 Å². The first-order chi connectivity index (χ1) is 11.7. The molecule has 2 aromatic heterocycles. The fourth-order valence-corrected chi connectivity index (χ4v) is 4.62. The molecule has 0 spiro atoms. The third kappa shape index (κ3) is 4.31. The molecule has 0 aliphatic carbocycles. The van der Waals surface area contributed by atoms with Crippen molar-refractivity contribution in [3.63, 3.8) is 0 Å². The van der Waals surface area contributed by atoms with Crippen LogP contribution in [0.1, 0.15) is 44.7 Å². The zero-order valence-corrected chi connectivity index (χ0v) is 17.4. The van der Waals surface area contributed by atoms with Crippen LogP contribution in [0.3, 0.4) is 0 Å². The van der Waals surface area contributed by atoms with Crippen molar-refractivity contribution in [3.05, 3.63) is 45.0 Å². The fourth-order valence-electron chi connectivity index (χ4n) is 1.96. The fraction of sp³-hybridized carbons (Fsp3) is 0.375. The Labute approximate surface area is 164 Å². The average molecular weight is 413 g/mol. The van der Waals surface area contributed by atoms with Crippen LogP contribution in [-0.2, 0) is 5.41 Å². The van der Waals surface area contributed by atoms with E-state index in [1.165, 1.54) is 11.3 Å². The summed E-state index contributed by atoms with van der Waals surface area (Å²) >= 11 is 14.4. The SMILES string of the molecule is CC(Sc1nn(-c2ccc(Cl)cc2)c(=S)s1)c1nc(C(C)(C)C)no1. The summed E-state index contributed by atoms with van der Waals surface area (Å²) in [7, 11) is 0. The molecule has 1 unspecified atom stereocenters. The van der Waals surface area contributed by atoms with Gasteiger partial charge in [-0.25, -0.2) is 4.68 Å². The highest BCUT2D eigenvalue weighted by Crippen LogP contribution is 2.36. The zero-order chi connectivity index (χ0) is 18.2. The number of nitrogens with zero attached hydrogens (tertiary/aromatic N) is 4.